The van der Waals surface area contributed by atoms with E-state index >= 15 is 0 Å². The molecule has 124 valence electrons. The molecule has 4 rings (SSSR count). The molecule has 0 spiro atoms. The second kappa shape index (κ2) is 5.92. The summed E-state index contributed by atoms with van der Waals surface area (Å²) in [5.74, 6) is 1.17. The van der Waals surface area contributed by atoms with Gasteiger partial charge < -0.3 is 24.3 Å². The Morgan fingerprint density at radius 1 is 0.917 bits per heavy atom. The summed E-state index contributed by atoms with van der Waals surface area (Å²) in [5.41, 5.74) is 1.15. The van der Waals surface area contributed by atoms with Crippen molar-refractivity contribution in [3.8, 4) is 11.5 Å². The Morgan fingerprint density at radius 3 is 2.33 bits per heavy atom. The first-order chi connectivity index (χ1) is 11.7. The fraction of sp³-hybridized carbons (Fsp3) is 0.294. The lowest BCUT2D eigenvalue weighted by molar-refractivity contribution is 0.0532. The zero-order valence-electron chi connectivity index (χ0n) is 13.0. The molecular weight excluding hydrogens is 310 g/mol. The minimum atomic E-state index is -0.0553. The van der Waals surface area contributed by atoms with E-state index in [9.17, 15) is 9.59 Å². The Balaban J connectivity index is 1.40. The van der Waals surface area contributed by atoms with Gasteiger partial charge >= 0.3 is 0 Å². The Kier molecular flexibility index (Phi) is 3.60. The number of benzene rings is 1. The summed E-state index contributed by atoms with van der Waals surface area (Å²) in [6.45, 7) is 2.26. The van der Waals surface area contributed by atoms with E-state index < -0.39 is 0 Å². The minimum Gasteiger partial charge on any atom is -0.454 e. The Bertz CT molecular complexity index is 764. The van der Waals surface area contributed by atoms with Gasteiger partial charge in [-0.3, -0.25) is 9.59 Å². The fourth-order valence-electron chi connectivity index (χ4n) is 2.96. The van der Waals surface area contributed by atoms with E-state index in [2.05, 4.69) is 4.98 Å². The maximum Gasteiger partial charge on any atom is 0.270 e. The van der Waals surface area contributed by atoms with Gasteiger partial charge in [-0.25, -0.2) is 0 Å². The number of ether oxygens (including phenoxy) is 2. The number of amides is 2. The molecule has 1 aromatic heterocycles. The molecule has 0 saturated carbocycles. The highest BCUT2D eigenvalue weighted by Crippen LogP contribution is 2.32. The minimum absolute atomic E-state index is 0.0322. The number of nitrogens with one attached hydrogen (secondary N) is 1. The van der Waals surface area contributed by atoms with Crippen LogP contribution >= 0.6 is 0 Å². The third-order valence-corrected chi connectivity index (χ3v) is 4.30. The molecule has 1 saturated heterocycles. The van der Waals surface area contributed by atoms with Crippen LogP contribution in [0.2, 0.25) is 0 Å². The third kappa shape index (κ3) is 2.58. The number of H-pyrrole nitrogens is 1. The van der Waals surface area contributed by atoms with Crippen molar-refractivity contribution < 1.29 is 19.1 Å². The lowest BCUT2D eigenvalue weighted by Crippen LogP contribution is -2.50. The number of aromatic amines is 1. The largest absolute Gasteiger partial charge is 0.454 e. The predicted molar refractivity (Wildman–Crippen MR) is 85.2 cm³/mol. The molecule has 7 nitrogen and oxygen atoms in total. The van der Waals surface area contributed by atoms with Gasteiger partial charge in [0.2, 0.25) is 6.79 Å². The highest BCUT2D eigenvalue weighted by Gasteiger charge is 2.26. The van der Waals surface area contributed by atoms with Crippen LogP contribution in [0.15, 0.2) is 36.5 Å². The lowest BCUT2D eigenvalue weighted by Gasteiger charge is -2.34. The van der Waals surface area contributed by atoms with Crippen molar-refractivity contribution >= 4 is 11.8 Å². The van der Waals surface area contributed by atoms with Crippen molar-refractivity contribution in [3.63, 3.8) is 0 Å². The average Bonchev–Trinajstić information content (AvgIpc) is 3.31. The molecule has 2 aromatic rings. The summed E-state index contributed by atoms with van der Waals surface area (Å²) < 4.78 is 10.6. The van der Waals surface area contributed by atoms with Gasteiger partial charge in [0.15, 0.2) is 11.5 Å². The van der Waals surface area contributed by atoms with E-state index in [1.807, 2.05) is 0 Å². The maximum atomic E-state index is 12.6. The molecule has 0 aliphatic carbocycles. The first-order valence-electron chi connectivity index (χ1n) is 7.84. The number of fused-ring (bicyclic) bond motifs is 1. The molecule has 0 unspecified atom stereocenters. The standard InChI is InChI=1S/C17H17N3O4/c21-16(12-3-4-14-15(10-12)24-11-23-14)19-6-8-20(9-7-19)17(22)13-2-1-5-18-13/h1-5,10,18H,6-9,11H2. The highest BCUT2D eigenvalue weighted by molar-refractivity contribution is 5.96. The molecule has 2 aliphatic heterocycles. The average molecular weight is 327 g/mol. The van der Waals surface area contributed by atoms with Crippen molar-refractivity contribution in [1.29, 1.82) is 0 Å². The fourth-order valence-corrected chi connectivity index (χ4v) is 2.96. The lowest BCUT2D eigenvalue weighted by atomic mass is 10.1. The van der Waals surface area contributed by atoms with Crippen LogP contribution in [-0.2, 0) is 0 Å². The number of aromatic nitrogens is 1. The molecule has 24 heavy (non-hydrogen) atoms. The molecule has 0 atom stereocenters. The number of nitrogens with zero attached hydrogens (tertiary/aromatic N) is 2. The topological polar surface area (TPSA) is 74.9 Å². The Morgan fingerprint density at radius 2 is 1.62 bits per heavy atom. The molecule has 7 heteroatoms. The third-order valence-electron chi connectivity index (χ3n) is 4.30. The number of piperazine rings is 1. The van der Waals surface area contributed by atoms with Crippen LogP contribution < -0.4 is 9.47 Å². The molecule has 1 N–H and O–H groups in total. The monoisotopic (exact) mass is 327 g/mol. The zero-order valence-corrected chi connectivity index (χ0v) is 13.0. The van der Waals surface area contributed by atoms with E-state index in [-0.39, 0.29) is 18.6 Å². The van der Waals surface area contributed by atoms with Gasteiger partial charge in [-0.1, -0.05) is 0 Å². The molecule has 3 heterocycles. The van der Waals surface area contributed by atoms with Crippen LogP contribution in [0.4, 0.5) is 0 Å². The molecule has 1 fully saturated rings. The molecule has 0 bridgehead atoms. The highest BCUT2D eigenvalue weighted by atomic mass is 16.7. The van der Waals surface area contributed by atoms with Gasteiger partial charge in [-0.15, -0.1) is 0 Å². The summed E-state index contributed by atoms with van der Waals surface area (Å²) in [5, 5.41) is 0. The zero-order chi connectivity index (χ0) is 16.5. The van der Waals surface area contributed by atoms with Crippen LogP contribution in [-0.4, -0.2) is 59.6 Å². The van der Waals surface area contributed by atoms with Gasteiger partial charge in [0.1, 0.15) is 5.69 Å². The van der Waals surface area contributed by atoms with E-state index in [1.54, 1.807) is 46.3 Å². The van der Waals surface area contributed by atoms with Crippen LogP contribution in [0, 0.1) is 0 Å². The van der Waals surface area contributed by atoms with E-state index in [0.29, 0.717) is 48.9 Å². The smallest absolute Gasteiger partial charge is 0.270 e. The van der Waals surface area contributed by atoms with Gasteiger partial charge in [-0.2, -0.15) is 0 Å². The van der Waals surface area contributed by atoms with Crippen molar-refractivity contribution in [1.82, 2.24) is 14.8 Å². The normalized spacial score (nSPS) is 16.3. The first-order valence-corrected chi connectivity index (χ1v) is 7.84. The number of carbonyl (C=O) groups is 2. The summed E-state index contributed by atoms with van der Waals surface area (Å²) in [6.07, 6.45) is 1.73. The van der Waals surface area contributed by atoms with Gasteiger partial charge in [0.25, 0.3) is 11.8 Å². The molecule has 0 radical (unpaired) electrons. The van der Waals surface area contributed by atoms with E-state index in [1.165, 1.54) is 0 Å². The Hall–Kier alpha value is -2.96. The van der Waals surface area contributed by atoms with Crippen molar-refractivity contribution in [2.24, 2.45) is 0 Å². The van der Waals surface area contributed by atoms with E-state index in [0.717, 1.165) is 0 Å². The summed E-state index contributed by atoms with van der Waals surface area (Å²) >= 11 is 0. The maximum absolute atomic E-state index is 12.6. The number of carbonyl (C=O) groups excluding carboxylic acids is 2. The van der Waals surface area contributed by atoms with Crippen molar-refractivity contribution in [2.45, 2.75) is 0 Å². The molecule has 2 amide bonds. The quantitative estimate of drug-likeness (QED) is 0.903. The number of rotatable bonds is 2. The van der Waals surface area contributed by atoms with Gasteiger partial charge in [-0.05, 0) is 30.3 Å². The van der Waals surface area contributed by atoms with Crippen molar-refractivity contribution in [3.05, 3.63) is 47.8 Å². The Labute approximate surface area is 138 Å². The van der Waals surface area contributed by atoms with Gasteiger partial charge in [0, 0.05) is 37.9 Å². The van der Waals surface area contributed by atoms with Crippen LogP contribution in [0.1, 0.15) is 20.8 Å². The summed E-state index contributed by atoms with van der Waals surface area (Å²) in [6, 6.07) is 8.76. The van der Waals surface area contributed by atoms with Crippen LogP contribution in [0.3, 0.4) is 0 Å². The van der Waals surface area contributed by atoms with Crippen molar-refractivity contribution in [2.75, 3.05) is 33.0 Å². The van der Waals surface area contributed by atoms with Crippen LogP contribution in [0.25, 0.3) is 0 Å². The SMILES string of the molecule is O=C(c1ccc2c(c1)OCO2)N1CCN(C(=O)c2ccc[nH]2)CC1. The predicted octanol–water partition coefficient (Wildman–Crippen LogP) is 1.34. The second-order valence-electron chi connectivity index (χ2n) is 5.74. The van der Waals surface area contributed by atoms with Gasteiger partial charge in [0.05, 0.1) is 0 Å². The van der Waals surface area contributed by atoms with E-state index in [4.69, 9.17) is 9.47 Å². The first kappa shape index (κ1) is 14.6. The number of hydrogen-bond acceptors (Lipinski definition) is 4. The molecule has 2 aliphatic rings. The second-order valence-corrected chi connectivity index (χ2v) is 5.74. The number of hydrogen-bond donors (Lipinski definition) is 1. The summed E-state index contributed by atoms with van der Waals surface area (Å²) in [7, 11) is 0. The summed E-state index contributed by atoms with van der Waals surface area (Å²) in [4.78, 5) is 31.4. The van der Waals surface area contributed by atoms with Crippen LogP contribution in [0.5, 0.6) is 11.5 Å². The molecular formula is C17H17N3O4. The molecule has 1 aromatic carbocycles.